The van der Waals surface area contributed by atoms with Crippen LogP contribution in [0.5, 0.6) is 0 Å². The van der Waals surface area contributed by atoms with Crippen LogP contribution in [0.15, 0.2) is 0 Å². The zero-order valence-electron chi connectivity index (χ0n) is 26.4. The number of nitrogens with zero attached hydrogens (tertiary/aromatic N) is 3. The zero-order valence-corrected chi connectivity index (χ0v) is 26.4. The Bertz CT molecular complexity index is 880. The Balaban J connectivity index is 1.17. The first-order chi connectivity index (χ1) is 19.6. The van der Waals surface area contributed by atoms with E-state index in [1.807, 2.05) is 4.90 Å². The van der Waals surface area contributed by atoms with Gasteiger partial charge in [0.1, 0.15) is 5.60 Å². The number of likely N-dealkylation sites (tertiary alicyclic amines) is 2. The number of ether oxygens (including phenoxy) is 1. The van der Waals surface area contributed by atoms with E-state index in [-0.39, 0.29) is 35.3 Å². The first kappa shape index (κ1) is 31.1. The lowest BCUT2D eigenvalue weighted by Gasteiger charge is -2.55. The maximum atomic E-state index is 13.5. The van der Waals surface area contributed by atoms with E-state index in [4.69, 9.17) is 4.74 Å². The topological polar surface area (TPSA) is 85.3 Å². The fourth-order valence-corrected chi connectivity index (χ4v) is 8.89. The normalized spacial score (nSPS) is 36.3. The summed E-state index contributed by atoms with van der Waals surface area (Å²) in [4.78, 5) is 33.6. The van der Waals surface area contributed by atoms with E-state index in [1.165, 1.54) is 6.42 Å². The van der Waals surface area contributed by atoms with Crippen molar-refractivity contribution in [3.8, 4) is 0 Å². The molecule has 0 aromatic carbocycles. The van der Waals surface area contributed by atoms with Gasteiger partial charge in [0.15, 0.2) is 0 Å². The van der Waals surface area contributed by atoms with Gasteiger partial charge in [0.2, 0.25) is 5.91 Å². The van der Waals surface area contributed by atoms with Crippen molar-refractivity contribution in [1.29, 1.82) is 0 Å². The molecule has 4 heterocycles. The number of amides is 2. The average Bonchev–Trinajstić information content (AvgIpc) is 2.95. The first-order valence-electron chi connectivity index (χ1n) is 17.1. The van der Waals surface area contributed by atoms with E-state index in [9.17, 15) is 14.7 Å². The highest BCUT2D eigenvalue weighted by Crippen LogP contribution is 2.44. The number of piperidine rings is 3. The molecule has 0 radical (unpaired) electrons. The van der Waals surface area contributed by atoms with Crippen LogP contribution in [0.3, 0.4) is 0 Å². The quantitative estimate of drug-likeness (QED) is 0.461. The molecule has 41 heavy (non-hydrogen) atoms. The molecular weight excluding hydrogens is 516 g/mol. The van der Waals surface area contributed by atoms with Crippen LogP contribution in [-0.4, -0.2) is 101 Å². The SMILES string of the molecule is CCCCC1CN(CC2CCC(O)CC2)C(=O)OC12CCN(C1(C)CCN(C(=O)C3C(C)CCNC3C)CC1)CC2. The molecule has 0 bridgehead atoms. The summed E-state index contributed by atoms with van der Waals surface area (Å²) in [6, 6.07) is 0.253. The fourth-order valence-electron chi connectivity index (χ4n) is 8.89. The van der Waals surface area contributed by atoms with Crippen molar-refractivity contribution >= 4 is 12.0 Å². The smallest absolute Gasteiger partial charge is 0.410 e. The van der Waals surface area contributed by atoms with Crippen molar-refractivity contribution < 1.29 is 19.4 Å². The minimum Gasteiger partial charge on any atom is -0.442 e. The van der Waals surface area contributed by atoms with Gasteiger partial charge in [0.05, 0.1) is 12.0 Å². The molecule has 4 unspecified atom stereocenters. The number of aliphatic hydroxyl groups is 1. The van der Waals surface area contributed by atoms with Crippen molar-refractivity contribution in [2.75, 3.05) is 45.8 Å². The number of aliphatic hydroxyl groups excluding tert-OH is 1. The monoisotopic (exact) mass is 574 g/mol. The molecular formula is C33H58N4O4. The van der Waals surface area contributed by atoms with Crippen LogP contribution in [0.2, 0.25) is 0 Å². The standard InChI is InChI=1S/C33H58N4O4/c1-5-6-7-27-23-36(22-26-8-10-28(38)11-9-26)31(40)41-33(27)15-20-37(21-16-33)32(4)13-18-35(19-14-32)30(39)29-24(2)12-17-34-25(29)3/h24-29,34,38H,5-23H2,1-4H3. The van der Waals surface area contributed by atoms with E-state index < -0.39 is 0 Å². The van der Waals surface area contributed by atoms with Crippen LogP contribution in [0.1, 0.15) is 105 Å². The molecule has 0 aromatic heterocycles. The summed E-state index contributed by atoms with van der Waals surface area (Å²) < 4.78 is 6.46. The van der Waals surface area contributed by atoms with Gasteiger partial charge >= 0.3 is 6.09 Å². The van der Waals surface area contributed by atoms with E-state index >= 15 is 0 Å². The molecule has 4 saturated heterocycles. The van der Waals surface area contributed by atoms with Crippen LogP contribution in [-0.2, 0) is 9.53 Å². The van der Waals surface area contributed by atoms with E-state index in [0.29, 0.717) is 23.7 Å². The highest BCUT2D eigenvalue weighted by atomic mass is 16.6. The molecule has 1 spiro atoms. The highest BCUT2D eigenvalue weighted by molar-refractivity contribution is 5.80. The van der Waals surface area contributed by atoms with Gasteiger partial charge in [-0.1, -0.05) is 26.7 Å². The van der Waals surface area contributed by atoms with Gasteiger partial charge < -0.3 is 25.0 Å². The van der Waals surface area contributed by atoms with Crippen molar-refractivity contribution in [2.24, 2.45) is 23.7 Å². The molecule has 4 aliphatic heterocycles. The molecule has 0 aromatic rings. The summed E-state index contributed by atoms with van der Waals surface area (Å²) in [5, 5.41) is 13.4. The van der Waals surface area contributed by atoms with Crippen LogP contribution >= 0.6 is 0 Å². The summed E-state index contributed by atoms with van der Waals surface area (Å²) in [7, 11) is 0. The summed E-state index contributed by atoms with van der Waals surface area (Å²) in [6.45, 7) is 15.3. The second kappa shape index (κ2) is 13.1. The molecule has 2 amide bonds. The molecule has 5 rings (SSSR count). The second-order valence-electron chi connectivity index (χ2n) is 14.7. The number of hydrogen-bond acceptors (Lipinski definition) is 6. The molecule has 234 valence electrons. The Morgan fingerprint density at radius 3 is 2.34 bits per heavy atom. The third kappa shape index (κ3) is 6.75. The Morgan fingerprint density at radius 1 is 1.02 bits per heavy atom. The van der Waals surface area contributed by atoms with Gasteiger partial charge in [-0.25, -0.2) is 4.79 Å². The predicted molar refractivity (Wildman–Crippen MR) is 162 cm³/mol. The van der Waals surface area contributed by atoms with Crippen molar-refractivity contribution in [3.05, 3.63) is 0 Å². The number of carbonyl (C=O) groups is 2. The molecule has 5 aliphatic rings. The number of hydrogen-bond donors (Lipinski definition) is 2. The lowest BCUT2D eigenvalue weighted by atomic mass is 9.73. The third-order valence-corrected chi connectivity index (χ3v) is 12.0. The molecule has 4 atom stereocenters. The largest absolute Gasteiger partial charge is 0.442 e. The summed E-state index contributed by atoms with van der Waals surface area (Å²) in [5.74, 6) is 1.74. The van der Waals surface area contributed by atoms with Gasteiger partial charge in [-0.15, -0.1) is 0 Å². The van der Waals surface area contributed by atoms with Crippen molar-refractivity contribution in [2.45, 2.75) is 128 Å². The number of rotatable bonds is 7. The van der Waals surface area contributed by atoms with E-state index in [1.54, 1.807) is 0 Å². The first-order valence-corrected chi connectivity index (χ1v) is 17.1. The molecule has 2 N–H and O–H groups in total. The zero-order chi connectivity index (χ0) is 29.2. The molecule has 5 fully saturated rings. The minimum absolute atomic E-state index is 0.0910. The van der Waals surface area contributed by atoms with Gasteiger partial charge in [-0.05, 0) is 83.6 Å². The van der Waals surface area contributed by atoms with E-state index in [0.717, 1.165) is 116 Å². The Kier molecular flexibility index (Phi) is 9.92. The summed E-state index contributed by atoms with van der Waals surface area (Å²) in [6.07, 6.45) is 11.8. The maximum absolute atomic E-state index is 13.5. The molecule has 8 nitrogen and oxygen atoms in total. The van der Waals surface area contributed by atoms with Crippen molar-refractivity contribution in [3.63, 3.8) is 0 Å². The molecule has 1 aliphatic carbocycles. The third-order valence-electron chi connectivity index (χ3n) is 12.0. The van der Waals surface area contributed by atoms with Crippen molar-refractivity contribution in [1.82, 2.24) is 20.0 Å². The van der Waals surface area contributed by atoms with Crippen LogP contribution in [0, 0.1) is 23.7 Å². The maximum Gasteiger partial charge on any atom is 0.410 e. The number of nitrogens with one attached hydrogen (secondary N) is 1. The second-order valence-corrected chi connectivity index (χ2v) is 14.7. The van der Waals surface area contributed by atoms with E-state index in [2.05, 4.69) is 42.8 Å². The minimum atomic E-state index is -0.338. The van der Waals surface area contributed by atoms with Gasteiger partial charge in [-0.2, -0.15) is 0 Å². The van der Waals surface area contributed by atoms with Crippen LogP contribution in [0.25, 0.3) is 0 Å². The van der Waals surface area contributed by atoms with Crippen LogP contribution < -0.4 is 5.32 Å². The fraction of sp³-hybridized carbons (Fsp3) is 0.939. The van der Waals surface area contributed by atoms with Gasteiger partial charge in [-0.3, -0.25) is 9.69 Å². The molecule has 8 heteroatoms. The lowest BCUT2D eigenvalue weighted by Crippen LogP contribution is -2.64. The Morgan fingerprint density at radius 2 is 1.71 bits per heavy atom. The molecule has 1 saturated carbocycles. The average molecular weight is 575 g/mol. The predicted octanol–water partition coefficient (Wildman–Crippen LogP) is 4.65. The summed E-state index contributed by atoms with van der Waals surface area (Å²) in [5.41, 5.74) is -0.245. The highest BCUT2D eigenvalue weighted by Gasteiger charge is 2.52. The Labute approximate surface area is 248 Å². The van der Waals surface area contributed by atoms with Gasteiger partial charge in [0.25, 0.3) is 0 Å². The summed E-state index contributed by atoms with van der Waals surface area (Å²) >= 11 is 0. The number of unbranched alkanes of at least 4 members (excludes halogenated alkanes) is 1. The lowest BCUT2D eigenvalue weighted by molar-refractivity contribution is -0.145. The number of carbonyl (C=O) groups excluding carboxylic acids is 2. The Hall–Kier alpha value is -1.38. The van der Waals surface area contributed by atoms with Gasteiger partial charge in [0, 0.05) is 69.6 Å². The van der Waals surface area contributed by atoms with Crippen LogP contribution in [0.4, 0.5) is 4.79 Å².